The lowest BCUT2D eigenvalue weighted by atomic mass is 10.0. The van der Waals surface area contributed by atoms with E-state index in [1.807, 2.05) is 6.92 Å². The fraction of sp³-hybridized carbons (Fsp3) is 0.346. The first kappa shape index (κ1) is 20.1. The summed E-state index contributed by atoms with van der Waals surface area (Å²) in [5.74, 6) is 1.67. The fourth-order valence-electron chi connectivity index (χ4n) is 3.41. The molecule has 1 aliphatic carbocycles. The Kier molecular flexibility index (Phi) is 6.86. The van der Waals surface area contributed by atoms with Gasteiger partial charge in [0, 0.05) is 12.6 Å². The van der Waals surface area contributed by atoms with Crippen molar-refractivity contribution < 1.29 is 4.79 Å². The van der Waals surface area contributed by atoms with E-state index in [0.29, 0.717) is 17.8 Å². The van der Waals surface area contributed by atoms with Gasteiger partial charge < -0.3 is 5.32 Å². The highest BCUT2D eigenvalue weighted by Gasteiger charge is 2.35. The van der Waals surface area contributed by atoms with Crippen molar-refractivity contribution in [3.8, 4) is 0 Å². The molecule has 0 saturated heterocycles. The summed E-state index contributed by atoms with van der Waals surface area (Å²) in [6, 6.07) is 19.7. The summed E-state index contributed by atoms with van der Waals surface area (Å²) in [6.45, 7) is 6.90. The fourth-order valence-corrected chi connectivity index (χ4v) is 3.41. The first-order chi connectivity index (χ1) is 13.5. The lowest BCUT2D eigenvalue weighted by Crippen LogP contribution is -2.25. The van der Waals surface area contributed by atoms with Gasteiger partial charge in [0.05, 0.1) is 0 Å². The molecule has 2 nitrogen and oxygen atoms in total. The lowest BCUT2D eigenvalue weighted by Gasteiger charge is -2.05. The summed E-state index contributed by atoms with van der Waals surface area (Å²) in [4.78, 5) is 11.8. The van der Waals surface area contributed by atoms with Gasteiger partial charge in [-0.25, -0.2) is 0 Å². The molecule has 0 aromatic heterocycles. The molecule has 0 spiro atoms. The molecule has 28 heavy (non-hydrogen) atoms. The largest absolute Gasteiger partial charge is 0.352 e. The number of hydrogen-bond acceptors (Lipinski definition) is 1. The Balaban J connectivity index is 1.49. The molecule has 2 aromatic carbocycles. The zero-order valence-corrected chi connectivity index (χ0v) is 17.2. The van der Waals surface area contributed by atoms with Gasteiger partial charge in [-0.1, -0.05) is 80.6 Å². The number of rotatable bonds is 8. The number of carbonyl (C=O) groups excluding carboxylic acids is 1. The van der Waals surface area contributed by atoms with Crippen LogP contribution in [-0.4, -0.2) is 12.5 Å². The molecule has 0 aliphatic heterocycles. The molecule has 2 unspecified atom stereocenters. The van der Waals surface area contributed by atoms with Gasteiger partial charge >= 0.3 is 0 Å². The van der Waals surface area contributed by atoms with Crippen molar-refractivity contribution >= 4 is 5.91 Å². The number of nitrogens with one attached hydrogen (secondary N) is 1. The number of hydrogen-bond donors (Lipinski definition) is 1. The molecule has 1 amide bonds. The van der Waals surface area contributed by atoms with E-state index in [-0.39, 0.29) is 5.91 Å². The Hall–Kier alpha value is -2.61. The van der Waals surface area contributed by atoms with Gasteiger partial charge in [-0.05, 0) is 59.8 Å². The second-order valence-electron chi connectivity index (χ2n) is 8.30. The van der Waals surface area contributed by atoms with Crippen LogP contribution >= 0.6 is 0 Å². The Morgan fingerprint density at radius 3 is 2.43 bits per heavy atom. The summed E-state index contributed by atoms with van der Waals surface area (Å²) in [7, 11) is 0. The van der Waals surface area contributed by atoms with Crippen molar-refractivity contribution in [2.45, 2.75) is 39.5 Å². The van der Waals surface area contributed by atoms with Gasteiger partial charge in [0.2, 0.25) is 5.91 Å². The van der Waals surface area contributed by atoms with Crippen LogP contribution in [0.4, 0.5) is 0 Å². The number of benzene rings is 2. The van der Waals surface area contributed by atoms with Gasteiger partial charge in [0.15, 0.2) is 0 Å². The van der Waals surface area contributed by atoms with E-state index in [2.05, 4.69) is 85.9 Å². The van der Waals surface area contributed by atoms with E-state index in [1.165, 1.54) is 23.1 Å². The van der Waals surface area contributed by atoms with E-state index in [4.69, 9.17) is 0 Å². The van der Waals surface area contributed by atoms with Crippen molar-refractivity contribution in [2.24, 2.45) is 11.8 Å². The predicted molar refractivity (Wildman–Crippen MR) is 117 cm³/mol. The van der Waals surface area contributed by atoms with Gasteiger partial charge in [-0.15, -0.1) is 0 Å². The number of amides is 1. The smallest absolute Gasteiger partial charge is 0.244 e. The molecule has 1 saturated carbocycles. The van der Waals surface area contributed by atoms with Crippen molar-refractivity contribution in [1.29, 1.82) is 0 Å². The van der Waals surface area contributed by atoms with Crippen LogP contribution in [0.5, 0.6) is 0 Å². The monoisotopic (exact) mass is 373 g/mol. The summed E-state index contributed by atoms with van der Waals surface area (Å²) >= 11 is 0. The average Bonchev–Trinajstić information content (AvgIpc) is 3.46. The summed E-state index contributed by atoms with van der Waals surface area (Å²) < 4.78 is 0. The van der Waals surface area contributed by atoms with E-state index in [9.17, 15) is 4.79 Å². The molecule has 0 bridgehead atoms. The van der Waals surface area contributed by atoms with Crippen molar-refractivity contribution in [3.63, 3.8) is 0 Å². The molecule has 0 heterocycles. The first-order valence-electron chi connectivity index (χ1n) is 10.3. The predicted octanol–water partition coefficient (Wildman–Crippen LogP) is 5.66. The van der Waals surface area contributed by atoms with Gasteiger partial charge in [0.25, 0.3) is 0 Å². The van der Waals surface area contributed by atoms with Gasteiger partial charge in [0.1, 0.15) is 0 Å². The third-order valence-corrected chi connectivity index (χ3v) is 5.15. The molecule has 1 N–H and O–H groups in total. The maximum Gasteiger partial charge on any atom is 0.244 e. The minimum atomic E-state index is -0.00259. The van der Waals surface area contributed by atoms with Crippen LogP contribution in [-0.2, 0) is 11.2 Å². The highest BCUT2D eigenvalue weighted by molar-refractivity contribution is 5.88. The Bertz CT molecular complexity index is 830. The molecule has 1 fully saturated rings. The highest BCUT2D eigenvalue weighted by Crippen LogP contribution is 2.48. The topological polar surface area (TPSA) is 29.1 Å². The van der Waals surface area contributed by atoms with Crippen LogP contribution in [0.3, 0.4) is 0 Å². The second kappa shape index (κ2) is 9.54. The van der Waals surface area contributed by atoms with Crippen LogP contribution in [0.2, 0.25) is 0 Å². The van der Waals surface area contributed by atoms with Gasteiger partial charge in [-0.2, -0.15) is 0 Å². The Labute approximate surface area is 169 Å². The first-order valence-corrected chi connectivity index (χ1v) is 10.3. The van der Waals surface area contributed by atoms with Crippen LogP contribution < -0.4 is 5.32 Å². The molecular weight excluding hydrogens is 342 g/mol. The molecule has 0 radical (unpaired) electrons. The summed E-state index contributed by atoms with van der Waals surface area (Å²) in [5, 5.41) is 2.92. The Morgan fingerprint density at radius 1 is 1.07 bits per heavy atom. The van der Waals surface area contributed by atoms with Gasteiger partial charge in [-0.3, -0.25) is 4.79 Å². The molecule has 3 rings (SSSR count). The van der Waals surface area contributed by atoms with E-state index < -0.39 is 0 Å². The average molecular weight is 374 g/mol. The molecule has 146 valence electrons. The van der Waals surface area contributed by atoms with E-state index in [0.717, 1.165) is 18.5 Å². The lowest BCUT2D eigenvalue weighted by molar-refractivity contribution is -0.116. The normalized spacial score (nSPS) is 19.2. The minimum absolute atomic E-state index is 0.00259. The Morgan fingerprint density at radius 2 is 1.75 bits per heavy atom. The number of allylic oxidation sites excluding steroid dienone is 3. The van der Waals surface area contributed by atoms with Crippen LogP contribution in [0.1, 0.15) is 49.8 Å². The van der Waals surface area contributed by atoms with Crippen LogP contribution in [0.25, 0.3) is 0 Å². The summed E-state index contributed by atoms with van der Waals surface area (Å²) in [5.41, 5.74) is 5.13. The maximum absolute atomic E-state index is 11.8. The van der Waals surface area contributed by atoms with Crippen LogP contribution in [0.15, 0.2) is 78.4 Å². The third kappa shape index (κ3) is 6.23. The quantitative estimate of drug-likeness (QED) is 0.470. The number of carbonyl (C=O) groups is 1. The van der Waals surface area contributed by atoms with E-state index >= 15 is 0 Å². The van der Waals surface area contributed by atoms with Crippen molar-refractivity contribution in [1.82, 2.24) is 5.32 Å². The zero-order chi connectivity index (χ0) is 19.9. The molecule has 1 aliphatic rings. The standard InChI is InChI=1S/C26H31NO/c1-19(2)18-27-26(28)15-20(3)9-12-24-17-25(24)23-13-10-22(11-14-23)16-21-7-5-4-6-8-21/h4-15,19,24-25H,16-18H2,1-3H3,(H,27,28)/b12-9+,20-15+. The summed E-state index contributed by atoms with van der Waals surface area (Å²) in [6.07, 6.45) is 8.21. The maximum atomic E-state index is 11.8. The van der Waals surface area contributed by atoms with E-state index in [1.54, 1.807) is 6.08 Å². The van der Waals surface area contributed by atoms with Crippen molar-refractivity contribution in [3.05, 3.63) is 95.1 Å². The molecule has 2 atom stereocenters. The zero-order valence-electron chi connectivity index (χ0n) is 17.2. The second-order valence-corrected chi connectivity index (χ2v) is 8.30. The third-order valence-electron chi connectivity index (χ3n) is 5.15. The molecule has 2 aromatic rings. The SMILES string of the molecule is CC(/C=C/C1CC1c1ccc(Cc2ccccc2)cc1)=C\C(=O)NCC(C)C. The van der Waals surface area contributed by atoms with Crippen LogP contribution in [0, 0.1) is 11.8 Å². The molecular formula is C26H31NO. The highest BCUT2D eigenvalue weighted by atomic mass is 16.1. The molecule has 2 heteroatoms. The van der Waals surface area contributed by atoms with Crippen molar-refractivity contribution in [2.75, 3.05) is 6.54 Å². The minimum Gasteiger partial charge on any atom is -0.352 e.